The second kappa shape index (κ2) is 31.3. The molecule has 1 fully saturated rings. The second-order valence-corrected chi connectivity index (χ2v) is 15.9. The van der Waals surface area contributed by atoms with E-state index in [4.69, 9.17) is 0 Å². The van der Waals surface area contributed by atoms with Gasteiger partial charge in [0.15, 0.2) is 0 Å². The fourth-order valence-corrected chi connectivity index (χ4v) is 8.01. The van der Waals surface area contributed by atoms with E-state index >= 15 is 0 Å². The highest BCUT2D eigenvalue weighted by atomic mass is 16.4. The number of aliphatic carboxylic acids is 4. The summed E-state index contributed by atoms with van der Waals surface area (Å²) in [5, 5.41) is 46.9. The van der Waals surface area contributed by atoms with Crippen molar-refractivity contribution in [1.82, 2.24) is 19.6 Å². The first-order valence-corrected chi connectivity index (χ1v) is 21.7. The van der Waals surface area contributed by atoms with Crippen LogP contribution in [0.2, 0.25) is 0 Å². The molecule has 320 valence electrons. The lowest BCUT2D eigenvalue weighted by Gasteiger charge is -2.47. The predicted molar refractivity (Wildman–Crippen MR) is 206 cm³/mol. The van der Waals surface area contributed by atoms with Gasteiger partial charge in [0.25, 0.3) is 0 Å². The molecule has 0 bridgehead atoms. The third-order valence-electron chi connectivity index (χ3n) is 11.0. The Labute approximate surface area is 332 Å². The molecule has 1 heterocycles. The fourth-order valence-electron chi connectivity index (χ4n) is 8.01. The van der Waals surface area contributed by atoms with E-state index in [2.05, 4.69) is 13.8 Å². The molecule has 1 rings (SSSR count). The van der Waals surface area contributed by atoms with Crippen LogP contribution in [0.5, 0.6) is 0 Å². The number of amides is 1. The molecule has 0 saturated carbocycles. The minimum atomic E-state index is -1.53. The molecular formula is C42H74N4O9-4. The monoisotopic (exact) mass is 779 g/mol. The molecule has 1 amide bonds. The van der Waals surface area contributed by atoms with Crippen molar-refractivity contribution in [1.29, 1.82) is 0 Å². The van der Waals surface area contributed by atoms with Crippen LogP contribution in [0.1, 0.15) is 168 Å². The van der Waals surface area contributed by atoms with Crippen LogP contribution in [0.4, 0.5) is 0 Å². The van der Waals surface area contributed by atoms with Gasteiger partial charge in [0.05, 0.1) is 23.9 Å². The third kappa shape index (κ3) is 25.2. The lowest BCUT2D eigenvalue weighted by atomic mass is 9.88. The molecule has 13 nitrogen and oxygen atoms in total. The maximum atomic E-state index is 13.7. The van der Waals surface area contributed by atoms with Crippen LogP contribution in [0.25, 0.3) is 0 Å². The third-order valence-corrected chi connectivity index (χ3v) is 11.0. The minimum Gasteiger partial charge on any atom is -0.549 e. The minimum absolute atomic E-state index is 0.0529. The molecule has 0 unspecified atom stereocenters. The molecule has 13 heteroatoms. The van der Waals surface area contributed by atoms with Crippen molar-refractivity contribution in [2.45, 2.75) is 173 Å². The number of carbonyl (C=O) groups excluding carboxylic acids is 5. The van der Waals surface area contributed by atoms with Gasteiger partial charge in [-0.25, -0.2) is 0 Å². The summed E-state index contributed by atoms with van der Waals surface area (Å²) in [5.41, 5.74) is -1.30. The van der Waals surface area contributed by atoms with E-state index in [1.54, 1.807) is 0 Å². The predicted octanol–water partition coefficient (Wildman–Crippen LogP) is 1.88. The Kier molecular flexibility index (Phi) is 28.6. The van der Waals surface area contributed by atoms with Crippen LogP contribution >= 0.6 is 0 Å². The van der Waals surface area contributed by atoms with Gasteiger partial charge in [-0.1, -0.05) is 136 Å². The Morgan fingerprint density at radius 3 is 1.20 bits per heavy atom. The maximum Gasteiger partial charge on any atom is 0.222 e. The summed E-state index contributed by atoms with van der Waals surface area (Å²) in [7, 11) is 0. The lowest BCUT2D eigenvalue weighted by Crippen LogP contribution is -2.64. The Bertz CT molecular complexity index is 1010. The molecule has 0 spiro atoms. The molecule has 0 radical (unpaired) electrons. The number of carbonyl (C=O) groups is 5. The van der Waals surface area contributed by atoms with Gasteiger partial charge in [0, 0.05) is 77.4 Å². The summed E-state index contributed by atoms with van der Waals surface area (Å²) in [6.45, 7) is 3.47. The summed E-state index contributed by atoms with van der Waals surface area (Å²) >= 11 is 0. The summed E-state index contributed by atoms with van der Waals surface area (Å²) in [4.78, 5) is 66.7. The molecule has 55 heavy (non-hydrogen) atoms. The topological polar surface area (TPSA) is 191 Å². The molecule has 0 aromatic carbocycles. The molecule has 0 atom stereocenters. The fraction of sp³-hybridized carbons (Fsp3) is 0.881. The van der Waals surface area contributed by atoms with E-state index in [0.717, 1.165) is 38.5 Å². The van der Waals surface area contributed by atoms with E-state index in [1.165, 1.54) is 105 Å². The largest absolute Gasteiger partial charge is 0.549 e. The number of rotatable bonds is 36. The van der Waals surface area contributed by atoms with Crippen LogP contribution in [0, 0.1) is 0 Å². The zero-order valence-corrected chi connectivity index (χ0v) is 34.5. The summed E-state index contributed by atoms with van der Waals surface area (Å²) < 4.78 is 0. The van der Waals surface area contributed by atoms with E-state index in [9.17, 15) is 44.4 Å². The first-order valence-electron chi connectivity index (χ1n) is 21.7. The molecular weight excluding hydrogens is 704 g/mol. The van der Waals surface area contributed by atoms with E-state index in [1.807, 2.05) is 4.90 Å². The molecule has 0 N–H and O–H groups in total. The molecule has 1 aliphatic heterocycles. The van der Waals surface area contributed by atoms with Crippen LogP contribution in [0.15, 0.2) is 0 Å². The maximum absolute atomic E-state index is 13.7. The number of carboxylic acid groups (broad SMARTS) is 4. The number of unbranched alkanes of at least 4 members (excludes halogenated alkanes) is 19. The second-order valence-electron chi connectivity index (χ2n) is 15.9. The number of carboxylic acids is 4. The SMILES string of the molecule is CCCCCCCCCCCCN(CCCCCCCCCCCC)C(=O)CCCCC1(N(CC(=O)[O-])CC(=O)[O-])CN(CC(=O)[O-])CCN(CC(=O)[O-])C1. The Morgan fingerprint density at radius 1 is 0.491 bits per heavy atom. The first kappa shape index (κ1) is 50.2. The highest BCUT2D eigenvalue weighted by molar-refractivity contribution is 5.76. The average Bonchev–Trinajstić information content (AvgIpc) is 3.28. The van der Waals surface area contributed by atoms with Crippen molar-refractivity contribution in [3.63, 3.8) is 0 Å². The lowest BCUT2D eigenvalue weighted by molar-refractivity contribution is -0.314. The van der Waals surface area contributed by atoms with Gasteiger partial charge in [-0.05, 0) is 25.7 Å². The van der Waals surface area contributed by atoms with Gasteiger partial charge in [0.1, 0.15) is 0 Å². The Hall–Kier alpha value is -2.77. The molecule has 1 saturated heterocycles. The van der Waals surface area contributed by atoms with Gasteiger partial charge in [-0.2, -0.15) is 0 Å². The molecule has 0 aromatic rings. The molecule has 0 aromatic heterocycles. The van der Waals surface area contributed by atoms with E-state index in [-0.39, 0.29) is 44.9 Å². The normalized spacial score (nSPS) is 14.9. The van der Waals surface area contributed by atoms with Gasteiger partial charge in [-0.3, -0.25) is 19.5 Å². The van der Waals surface area contributed by atoms with Gasteiger partial charge >= 0.3 is 0 Å². The summed E-state index contributed by atoms with van der Waals surface area (Å²) in [6.07, 6.45) is 25.5. The summed E-state index contributed by atoms with van der Waals surface area (Å²) in [5.74, 6) is -5.76. The van der Waals surface area contributed by atoms with Crippen molar-refractivity contribution in [2.75, 3.05) is 65.4 Å². The van der Waals surface area contributed by atoms with Gasteiger partial charge in [-0.15, -0.1) is 0 Å². The van der Waals surface area contributed by atoms with Crippen molar-refractivity contribution < 1.29 is 44.4 Å². The van der Waals surface area contributed by atoms with Crippen LogP contribution in [-0.4, -0.2) is 120 Å². The van der Waals surface area contributed by atoms with Crippen LogP contribution in [0.3, 0.4) is 0 Å². The number of nitrogens with zero attached hydrogens (tertiary/aromatic N) is 4. The zero-order chi connectivity index (χ0) is 40.7. The van der Waals surface area contributed by atoms with Crippen LogP contribution in [-0.2, 0) is 24.0 Å². The Balaban J connectivity index is 2.94. The quantitative estimate of drug-likeness (QED) is 0.0841. The van der Waals surface area contributed by atoms with E-state index < -0.39 is 55.6 Å². The van der Waals surface area contributed by atoms with Gasteiger partial charge in [0.2, 0.25) is 5.91 Å². The van der Waals surface area contributed by atoms with Crippen molar-refractivity contribution in [3.05, 3.63) is 0 Å². The van der Waals surface area contributed by atoms with Crippen molar-refractivity contribution in [3.8, 4) is 0 Å². The zero-order valence-electron chi connectivity index (χ0n) is 34.5. The average molecular weight is 779 g/mol. The standard InChI is InChI=1S/C42H78N4O9/c1-3-5-7-9-11-13-15-17-19-23-27-45(28-24-20-18-16-14-12-10-8-6-4-2)37(47)25-21-22-26-42(46(33-40(52)53)34-41(54)55)35-43(31-38(48)49)29-30-44(36-42)32-39(50)51/h3-36H2,1-2H3,(H,48,49)(H,50,51)(H,52,53)(H,54,55)/p-4. The number of hydrogen-bond donors (Lipinski definition) is 0. The smallest absolute Gasteiger partial charge is 0.222 e. The van der Waals surface area contributed by atoms with Crippen LogP contribution < -0.4 is 20.4 Å². The van der Waals surface area contributed by atoms with Crippen molar-refractivity contribution >= 4 is 29.8 Å². The van der Waals surface area contributed by atoms with E-state index in [0.29, 0.717) is 25.9 Å². The highest BCUT2D eigenvalue weighted by Crippen LogP contribution is 2.28. The first-order chi connectivity index (χ1) is 26.4. The molecule has 0 aliphatic carbocycles. The molecule has 1 aliphatic rings. The number of hydrogen-bond acceptors (Lipinski definition) is 12. The summed E-state index contributed by atoms with van der Waals surface area (Å²) in [6, 6.07) is 0. The van der Waals surface area contributed by atoms with Crippen molar-refractivity contribution in [2.24, 2.45) is 0 Å². The highest BCUT2D eigenvalue weighted by Gasteiger charge is 2.41. The van der Waals surface area contributed by atoms with Gasteiger partial charge < -0.3 is 44.5 Å². The Morgan fingerprint density at radius 2 is 0.855 bits per heavy atom.